The minimum Gasteiger partial charge on any atom is -0.494 e. The van der Waals surface area contributed by atoms with Gasteiger partial charge in [0.1, 0.15) is 11.6 Å². The first-order valence-corrected chi connectivity index (χ1v) is 17.1. The van der Waals surface area contributed by atoms with Crippen LogP contribution in [0, 0.1) is 0 Å². The summed E-state index contributed by atoms with van der Waals surface area (Å²) in [6.45, 7) is 3.16. The Balaban J connectivity index is 1.91. The molecule has 10 nitrogen and oxygen atoms in total. The van der Waals surface area contributed by atoms with Gasteiger partial charge in [-0.3, -0.25) is 14.2 Å². The van der Waals surface area contributed by atoms with Gasteiger partial charge in [0, 0.05) is 19.6 Å². The van der Waals surface area contributed by atoms with Crippen LogP contribution in [0.4, 0.5) is 0 Å². The summed E-state index contributed by atoms with van der Waals surface area (Å²) in [5.74, 6) is 0.697. The minimum atomic E-state index is -3.54. The number of nitrogens with zero attached hydrogens (tertiary/aromatic N) is 4. The smallest absolute Gasteiger partial charge is 0.266 e. The van der Waals surface area contributed by atoms with Crippen LogP contribution < -0.4 is 15.0 Å². The summed E-state index contributed by atoms with van der Waals surface area (Å²) in [6, 6.07) is 18.3. The van der Waals surface area contributed by atoms with Crippen molar-refractivity contribution in [2.75, 3.05) is 46.6 Å². The van der Waals surface area contributed by atoms with Gasteiger partial charge in [-0.15, -0.1) is 0 Å². The molecule has 1 heterocycles. The zero-order valence-corrected chi connectivity index (χ0v) is 28.0. The van der Waals surface area contributed by atoms with E-state index >= 15 is 0 Å². The van der Waals surface area contributed by atoms with Crippen molar-refractivity contribution in [2.45, 2.75) is 25.8 Å². The standard InChI is InChI=1S/C32H37Cl2N5O5S/c1-5-44-24-13-11-23(12-14-24)39-31(36-28-9-7-6-8-25(28)32(39)41)29(16-17-35-45(4,42)43)38(19-18-37(2)3)30(40)21-22-10-15-26(33)27(34)20-22/h6-15,20,29,35H,5,16-19,21H2,1-4H3. The molecule has 1 atom stereocenters. The second-order valence-corrected chi connectivity index (χ2v) is 13.5. The molecule has 0 aliphatic rings. The number of ether oxygens (including phenoxy) is 1. The zero-order valence-electron chi connectivity index (χ0n) is 25.7. The van der Waals surface area contributed by atoms with Gasteiger partial charge in [-0.05, 0) is 81.5 Å². The van der Waals surface area contributed by atoms with Crippen LogP contribution in [0.1, 0.15) is 30.8 Å². The highest BCUT2D eigenvalue weighted by Crippen LogP contribution is 2.29. The van der Waals surface area contributed by atoms with E-state index in [-0.39, 0.29) is 37.4 Å². The number of benzene rings is 3. The normalized spacial score (nSPS) is 12.4. The quantitative estimate of drug-likeness (QED) is 0.206. The summed E-state index contributed by atoms with van der Waals surface area (Å²) in [4.78, 5) is 36.9. The summed E-state index contributed by atoms with van der Waals surface area (Å²) in [6.07, 6.45) is 1.22. The Kier molecular flexibility index (Phi) is 11.6. The maximum Gasteiger partial charge on any atom is 0.266 e. The Morgan fingerprint density at radius 3 is 2.38 bits per heavy atom. The molecule has 0 aliphatic carbocycles. The molecular weight excluding hydrogens is 637 g/mol. The fourth-order valence-electron chi connectivity index (χ4n) is 4.97. The summed E-state index contributed by atoms with van der Waals surface area (Å²) < 4.78 is 33.8. The lowest BCUT2D eigenvalue weighted by molar-refractivity contribution is -0.133. The molecule has 0 radical (unpaired) electrons. The van der Waals surface area contributed by atoms with Crippen molar-refractivity contribution in [3.63, 3.8) is 0 Å². The van der Waals surface area contributed by atoms with E-state index in [0.717, 1.165) is 6.26 Å². The predicted octanol–water partition coefficient (Wildman–Crippen LogP) is 4.70. The Hall–Kier alpha value is -3.48. The number of carbonyl (C=O) groups excluding carboxylic acids is 1. The third kappa shape index (κ3) is 9.05. The van der Waals surface area contributed by atoms with Gasteiger partial charge in [-0.25, -0.2) is 18.1 Å². The number of rotatable bonds is 14. The van der Waals surface area contributed by atoms with Crippen molar-refractivity contribution < 1.29 is 17.9 Å². The van der Waals surface area contributed by atoms with Crippen LogP contribution in [0.25, 0.3) is 16.6 Å². The lowest BCUT2D eigenvalue weighted by Gasteiger charge is -2.34. The number of sulfonamides is 1. The van der Waals surface area contributed by atoms with Crippen LogP contribution in [0.15, 0.2) is 71.5 Å². The van der Waals surface area contributed by atoms with E-state index in [1.54, 1.807) is 71.6 Å². The summed E-state index contributed by atoms with van der Waals surface area (Å²) >= 11 is 12.4. The maximum atomic E-state index is 14.2. The Labute approximate surface area is 273 Å². The lowest BCUT2D eigenvalue weighted by atomic mass is 10.1. The van der Waals surface area contributed by atoms with Crippen LogP contribution >= 0.6 is 23.2 Å². The van der Waals surface area contributed by atoms with Crippen molar-refractivity contribution >= 4 is 50.0 Å². The highest BCUT2D eigenvalue weighted by molar-refractivity contribution is 7.88. The van der Waals surface area contributed by atoms with Crippen LogP contribution in [-0.4, -0.2) is 80.3 Å². The van der Waals surface area contributed by atoms with Gasteiger partial charge in [0.2, 0.25) is 15.9 Å². The SMILES string of the molecule is CCOc1ccc(-n2c(C(CCNS(C)(=O)=O)N(CCN(C)C)C(=O)Cc3ccc(Cl)c(Cl)c3)nc3ccccc3c2=O)cc1. The van der Waals surface area contributed by atoms with Gasteiger partial charge in [0.15, 0.2) is 0 Å². The summed E-state index contributed by atoms with van der Waals surface area (Å²) in [5, 5.41) is 1.11. The topological polar surface area (TPSA) is 114 Å². The van der Waals surface area contributed by atoms with Crippen LogP contribution in [0.5, 0.6) is 5.75 Å². The van der Waals surface area contributed by atoms with E-state index in [2.05, 4.69) is 4.72 Å². The zero-order chi connectivity index (χ0) is 32.7. The number of aromatic nitrogens is 2. The average molecular weight is 675 g/mol. The third-order valence-electron chi connectivity index (χ3n) is 7.11. The molecule has 3 aromatic carbocycles. The average Bonchev–Trinajstić information content (AvgIpc) is 2.98. The summed E-state index contributed by atoms with van der Waals surface area (Å²) in [7, 11) is 0.252. The first kappa shape index (κ1) is 34.4. The van der Waals surface area contributed by atoms with Gasteiger partial charge in [0.25, 0.3) is 5.56 Å². The minimum absolute atomic E-state index is 0.00118. The van der Waals surface area contributed by atoms with Crippen LogP contribution in [0.3, 0.4) is 0 Å². The van der Waals surface area contributed by atoms with E-state index in [1.807, 2.05) is 25.9 Å². The van der Waals surface area contributed by atoms with E-state index in [4.69, 9.17) is 32.9 Å². The highest BCUT2D eigenvalue weighted by Gasteiger charge is 2.30. The van der Waals surface area contributed by atoms with Crippen molar-refractivity contribution in [2.24, 2.45) is 0 Å². The second kappa shape index (κ2) is 15.2. The highest BCUT2D eigenvalue weighted by atomic mass is 35.5. The monoisotopic (exact) mass is 673 g/mol. The van der Waals surface area contributed by atoms with Crippen molar-refractivity contribution in [3.05, 3.63) is 98.5 Å². The first-order chi connectivity index (χ1) is 21.4. The van der Waals surface area contributed by atoms with E-state index in [9.17, 15) is 18.0 Å². The molecular formula is C32H37Cl2N5O5S. The van der Waals surface area contributed by atoms with Gasteiger partial charge < -0.3 is 14.5 Å². The molecule has 0 spiro atoms. The number of hydrogen-bond donors (Lipinski definition) is 1. The molecule has 45 heavy (non-hydrogen) atoms. The van der Waals surface area contributed by atoms with Gasteiger partial charge in [-0.1, -0.05) is 41.4 Å². The molecule has 4 aromatic rings. The fourth-order valence-corrected chi connectivity index (χ4v) is 5.78. The molecule has 1 amide bonds. The number of hydrogen-bond acceptors (Lipinski definition) is 7. The van der Waals surface area contributed by atoms with Gasteiger partial charge >= 0.3 is 0 Å². The number of likely N-dealkylation sites (N-methyl/N-ethyl adjacent to an activating group) is 1. The van der Waals surface area contributed by atoms with E-state index in [0.29, 0.717) is 56.9 Å². The second-order valence-electron chi connectivity index (χ2n) is 10.8. The number of halogens is 2. The molecule has 0 aliphatic heterocycles. The number of para-hydroxylation sites is 1. The van der Waals surface area contributed by atoms with E-state index in [1.165, 1.54) is 4.57 Å². The number of carbonyl (C=O) groups is 1. The van der Waals surface area contributed by atoms with Crippen molar-refractivity contribution in [1.29, 1.82) is 0 Å². The lowest BCUT2D eigenvalue weighted by Crippen LogP contribution is -2.43. The first-order valence-electron chi connectivity index (χ1n) is 14.5. The van der Waals surface area contributed by atoms with Gasteiger partial charge in [-0.2, -0.15) is 0 Å². The number of nitrogens with one attached hydrogen (secondary N) is 1. The Bertz CT molecular complexity index is 1810. The van der Waals surface area contributed by atoms with Gasteiger partial charge in [0.05, 0.1) is 52.0 Å². The fraction of sp³-hybridized carbons (Fsp3) is 0.344. The molecule has 0 bridgehead atoms. The number of amides is 1. The Morgan fingerprint density at radius 1 is 1.02 bits per heavy atom. The molecule has 0 saturated carbocycles. The molecule has 0 fully saturated rings. The summed E-state index contributed by atoms with van der Waals surface area (Å²) in [5.41, 5.74) is 1.34. The molecule has 4 rings (SSSR count). The largest absolute Gasteiger partial charge is 0.494 e. The van der Waals surface area contributed by atoms with Crippen molar-refractivity contribution in [3.8, 4) is 11.4 Å². The molecule has 0 saturated heterocycles. The van der Waals surface area contributed by atoms with Crippen LogP contribution in [-0.2, 0) is 21.2 Å². The predicted molar refractivity (Wildman–Crippen MR) is 179 cm³/mol. The van der Waals surface area contributed by atoms with Crippen LogP contribution in [0.2, 0.25) is 10.0 Å². The maximum absolute atomic E-state index is 14.2. The molecule has 1 aromatic heterocycles. The third-order valence-corrected chi connectivity index (χ3v) is 8.58. The number of fused-ring (bicyclic) bond motifs is 1. The molecule has 1 unspecified atom stereocenters. The molecule has 240 valence electrons. The van der Waals surface area contributed by atoms with Crippen molar-refractivity contribution in [1.82, 2.24) is 24.1 Å². The molecule has 1 N–H and O–H groups in total. The Morgan fingerprint density at radius 2 is 1.73 bits per heavy atom. The molecule has 13 heteroatoms. The van der Waals surface area contributed by atoms with E-state index < -0.39 is 16.1 Å².